The van der Waals surface area contributed by atoms with Gasteiger partial charge in [-0.1, -0.05) is 66.0 Å². The molecule has 1 fully saturated rings. The van der Waals surface area contributed by atoms with Crippen molar-refractivity contribution < 1.29 is 43.8 Å². The second-order valence-corrected chi connectivity index (χ2v) is 14.7. The van der Waals surface area contributed by atoms with Crippen molar-refractivity contribution in [1.29, 1.82) is 0 Å². The average Bonchev–Trinajstić information content (AvgIpc) is 3.62. The molecule has 1 aromatic carbocycles. The number of carbonyl (C=O) groups is 7. The van der Waals surface area contributed by atoms with Gasteiger partial charge >= 0.3 is 5.97 Å². The largest absolute Gasteiger partial charge is 0.508 e. The fraction of sp³-hybridized carbons (Fsp3) is 0.658. The Kier molecular flexibility index (Phi) is 18.4. The van der Waals surface area contributed by atoms with Gasteiger partial charge in [-0.2, -0.15) is 0 Å². The third kappa shape index (κ3) is 13.9. The van der Waals surface area contributed by atoms with E-state index in [4.69, 9.17) is 5.73 Å². The number of rotatable bonds is 21. The number of nitrogens with zero attached hydrogens (tertiary/aromatic N) is 1. The summed E-state index contributed by atoms with van der Waals surface area (Å²) in [4.78, 5) is 93.1. The van der Waals surface area contributed by atoms with Gasteiger partial charge in [-0.3, -0.25) is 33.6 Å². The Labute approximate surface area is 318 Å². The first-order chi connectivity index (χ1) is 25.4. The Bertz CT molecular complexity index is 1450. The van der Waals surface area contributed by atoms with Gasteiger partial charge in [-0.15, -0.1) is 0 Å². The van der Waals surface area contributed by atoms with E-state index in [2.05, 4.69) is 26.6 Å². The summed E-state index contributed by atoms with van der Waals surface area (Å²) in [6, 6.07) is -0.906. The maximum absolute atomic E-state index is 13.8. The third-order valence-corrected chi connectivity index (χ3v) is 9.64. The number of hydrogen-bond acceptors (Lipinski definition) is 9. The van der Waals surface area contributed by atoms with Crippen LogP contribution < -0.4 is 32.3 Å². The van der Waals surface area contributed by atoms with Crippen molar-refractivity contribution in [2.24, 2.45) is 17.6 Å². The summed E-state index contributed by atoms with van der Waals surface area (Å²) in [5.41, 5.74) is 6.86. The Balaban J connectivity index is 2.14. The number of aliphatic carboxylic acids is 1. The lowest BCUT2D eigenvalue weighted by Crippen LogP contribution is -2.60. The van der Waals surface area contributed by atoms with Gasteiger partial charge in [0.25, 0.3) is 0 Å². The summed E-state index contributed by atoms with van der Waals surface area (Å²) in [6.45, 7) is 12.4. The first-order valence-electron chi connectivity index (χ1n) is 19.0. The van der Waals surface area contributed by atoms with Crippen LogP contribution in [0.1, 0.15) is 99.0 Å². The van der Waals surface area contributed by atoms with Gasteiger partial charge in [0.1, 0.15) is 42.0 Å². The summed E-state index contributed by atoms with van der Waals surface area (Å²) in [7, 11) is 0. The van der Waals surface area contributed by atoms with E-state index in [0.29, 0.717) is 25.7 Å². The van der Waals surface area contributed by atoms with E-state index < -0.39 is 83.7 Å². The molecule has 2 rings (SSSR count). The minimum atomic E-state index is -1.20. The summed E-state index contributed by atoms with van der Waals surface area (Å²) in [6.07, 6.45) is 3.42. The lowest BCUT2D eigenvalue weighted by Gasteiger charge is -2.31. The average molecular weight is 760 g/mol. The van der Waals surface area contributed by atoms with E-state index >= 15 is 0 Å². The molecule has 8 atom stereocenters. The zero-order valence-electron chi connectivity index (χ0n) is 32.6. The number of phenols is 1. The van der Waals surface area contributed by atoms with Gasteiger partial charge in [0.05, 0.1) is 6.04 Å². The van der Waals surface area contributed by atoms with E-state index in [-0.39, 0.29) is 43.4 Å². The normalized spacial score (nSPS) is 17.9. The van der Waals surface area contributed by atoms with E-state index in [1.54, 1.807) is 19.1 Å². The number of carboxylic acids is 1. The SMILES string of the molecule is CCCC[C@H](NC(=O)[C@@H](NC(=O)[C@H](C)NC(=O)[C@H](CC(C)C)NC(=O)[C@@H](N)Cc1ccc(O)cc1)[C@@H](C)CC)C(=O)N1CCC[C@H]1C(=O)N[C@@H](C)C(=O)O. The molecule has 9 N–H and O–H groups in total. The zero-order chi connectivity index (χ0) is 40.7. The van der Waals surface area contributed by atoms with Crippen LogP contribution in [0.25, 0.3) is 0 Å². The molecule has 302 valence electrons. The van der Waals surface area contributed by atoms with Crippen LogP contribution in [-0.4, -0.2) is 105 Å². The molecule has 0 aromatic heterocycles. The standard InChI is InChI=1S/C38H61N7O9/c1-8-10-12-28(37(52)45-18-11-13-30(45)35(50)41-24(7)38(53)54)42-36(51)31(22(5)9-2)44-32(47)23(6)40-34(49)29(19-21(3)4)43-33(48)27(39)20-25-14-16-26(46)17-15-25/h14-17,21-24,27-31,46H,8-13,18-20,39H2,1-7H3,(H,40,49)(H,41,50)(H,42,51)(H,43,48)(H,44,47)(H,53,54)/t22-,23-,24-,27-,28-,29-,30-,31-/m0/s1. The van der Waals surface area contributed by atoms with Crippen molar-refractivity contribution >= 4 is 41.4 Å². The highest BCUT2D eigenvalue weighted by Gasteiger charge is 2.39. The van der Waals surface area contributed by atoms with Crippen LogP contribution in [0.15, 0.2) is 24.3 Å². The number of carboxylic acid groups (broad SMARTS) is 1. The van der Waals surface area contributed by atoms with E-state index in [1.807, 2.05) is 27.7 Å². The number of nitrogens with two attached hydrogens (primary N) is 1. The number of amides is 6. The predicted molar refractivity (Wildman–Crippen MR) is 202 cm³/mol. The molecule has 1 aromatic rings. The van der Waals surface area contributed by atoms with Crippen LogP contribution in [0, 0.1) is 11.8 Å². The molecule has 54 heavy (non-hydrogen) atoms. The summed E-state index contributed by atoms with van der Waals surface area (Å²) in [5, 5.41) is 32.1. The van der Waals surface area contributed by atoms with Crippen molar-refractivity contribution in [3.8, 4) is 5.75 Å². The van der Waals surface area contributed by atoms with Crippen molar-refractivity contribution in [2.45, 2.75) is 142 Å². The van der Waals surface area contributed by atoms with Gasteiger partial charge in [-0.05, 0) is 75.5 Å². The number of phenolic OH excluding ortho intramolecular Hbond substituents is 1. The number of likely N-dealkylation sites (tertiary alicyclic amines) is 1. The zero-order valence-corrected chi connectivity index (χ0v) is 32.6. The van der Waals surface area contributed by atoms with Crippen molar-refractivity contribution in [3.63, 3.8) is 0 Å². The molecule has 1 heterocycles. The highest BCUT2D eigenvalue weighted by atomic mass is 16.4. The lowest BCUT2D eigenvalue weighted by atomic mass is 9.97. The van der Waals surface area contributed by atoms with Gasteiger partial charge < -0.3 is 47.4 Å². The van der Waals surface area contributed by atoms with Gasteiger partial charge in [-0.25, -0.2) is 0 Å². The van der Waals surface area contributed by atoms with Gasteiger partial charge in [0.15, 0.2) is 0 Å². The summed E-state index contributed by atoms with van der Waals surface area (Å²) < 4.78 is 0. The highest BCUT2D eigenvalue weighted by molar-refractivity contribution is 5.97. The topological polar surface area (TPSA) is 249 Å². The minimum absolute atomic E-state index is 0.00104. The molecule has 16 nitrogen and oxygen atoms in total. The molecule has 0 unspecified atom stereocenters. The predicted octanol–water partition coefficient (Wildman–Crippen LogP) is 1.08. The molecule has 0 saturated carbocycles. The molecule has 0 aliphatic carbocycles. The van der Waals surface area contributed by atoms with Crippen molar-refractivity contribution in [2.75, 3.05) is 6.54 Å². The molecule has 16 heteroatoms. The Morgan fingerprint density at radius 2 is 1.44 bits per heavy atom. The summed E-state index contributed by atoms with van der Waals surface area (Å²) in [5.74, 6) is -4.95. The van der Waals surface area contributed by atoms with Crippen molar-refractivity contribution in [3.05, 3.63) is 29.8 Å². The van der Waals surface area contributed by atoms with Crippen molar-refractivity contribution in [1.82, 2.24) is 31.5 Å². The number of benzene rings is 1. The molecule has 0 bridgehead atoms. The molecule has 1 aliphatic rings. The fourth-order valence-corrected chi connectivity index (χ4v) is 6.12. The van der Waals surface area contributed by atoms with Gasteiger partial charge in [0, 0.05) is 6.54 Å². The number of aromatic hydroxyl groups is 1. The Morgan fingerprint density at radius 3 is 2.02 bits per heavy atom. The van der Waals surface area contributed by atoms with E-state index in [9.17, 15) is 43.8 Å². The second-order valence-electron chi connectivity index (χ2n) is 14.7. The number of nitrogens with one attached hydrogen (secondary N) is 5. The van der Waals surface area contributed by atoms with E-state index in [0.717, 1.165) is 12.0 Å². The molecule has 1 saturated heterocycles. The van der Waals surface area contributed by atoms with Crippen LogP contribution in [0.2, 0.25) is 0 Å². The first-order valence-corrected chi connectivity index (χ1v) is 19.0. The minimum Gasteiger partial charge on any atom is -0.508 e. The fourth-order valence-electron chi connectivity index (χ4n) is 6.12. The second kappa shape index (κ2) is 21.8. The van der Waals surface area contributed by atoms with Crippen LogP contribution in [0.5, 0.6) is 5.75 Å². The number of unbranched alkanes of at least 4 members (excludes halogenated alkanes) is 1. The molecule has 6 amide bonds. The van der Waals surface area contributed by atoms with Crippen LogP contribution in [-0.2, 0) is 40.0 Å². The lowest BCUT2D eigenvalue weighted by molar-refractivity contribution is -0.144. The maximum Gasteiger partial charge on any atom is 0.325 e. The molecule has 0 radical (unpaired) electrons. The summed E-state index contributed by atoms with van der Waals surface area (Å²) >= 11 is 0. The number of carbonyl (C=O) groups excluding carboxylic acids is 6. The maximum atomic E-state index is 13.8. The van der Waals surface area contributed by atoms with Crippen LogP contribution >= 0.6 is 0 Å². The van der Waals surface area contributed by atoms with Crippen LogP contribution in [0.3, 0.4) is 0 Å². The Hall–Kier alpha value is -4.73. The van der Waals surface area contributed by atoms with E-state index in [1.165, 1.54) is 30.9 Å². The third-order valence-electron chi connectivity index (χ3n) is 9.64. The molecular weight excluding hydrogens is 698 g/mol. The van der Waals surface area contributed by atoms with Crippen LogP contribution in [0.4, 0.5) is 0 Å². The Morgan fingerprint density at radius 1 is 0.815 bits per heavy atom. The molecular formula is C38H61N7O9. The molecule has 1 aliphatic heterocycles. The monoisotopic (exact) mass is 759 g/mol. The smallest absolute Gasteiger partial charge is 0.325 e. The quantitative estimate of drug-likeness (QED) is 0.0886. The first kappa shape index (κ1) is 45.4. The highest BCUT2D eigenvalue weighted by Crippen LogP contribution is 2.21. The number of hydrogen-bond donors (Lipinski definition) is 8. The molecule has 0 spiro atoms. The van der Waals surface area contributed by atoms with Gasteiger partial charge in [0.2, 0.25) is 35.4 Å².